The van der Waals surface area contributed by atoms with Crippen LogP contribution in [0.5, 0.6) is 0 Å². The number of anilines is 1. The number of nitrogens with zero attached hydrogens (tertiary/aromatic N) is 1. The van der Waals surface area contributed by atoms with Crippen LogP contribution in [0.4, 0.5) is 5.69 Å². The Hall–Kier alpha value is -2.95. The van der Waals surface area contributed by atoms with Crippen LogP contribution in [0.25, 0.3) is 0 Å². The summed E-state index contributed by atoms with van der Waals surface area (Å²) in [4.78, 5) is 38.1. The van der Waals surface area contributed by atoms with Gasteiger partial charge in [-0.1, -0.05) is 17.7 Å². The van der Waals surface area contributed by atoms with E-state index >= 15 is 0 Å². The largest absolute Gasteiger partial charge is 0.325 e. The molecule has 1 heterocycles. The molecule has 0 saturated heterocycles. The van der Waals surface area contributed by atoms with Gasteiger partial charge in [0.05, 0.1) is 11.1 Å². The van der Waals surface area contributed by atoms with E-state index in [-0.39, 0.29) is 12.5 Å². The summed E-state index contributed by atoms with van der Waals surface area (Å²) < 4.78 is 0. The number of amides is 3. The molecule has 5 heteroatoms. The van der Waals surface area contributed by atoms with Crippen molar-refractivity contribution in [1.82, 2.24) is 4.90 Å². The lowest BCUT2D eigenvalue weighted by molar-refractivity contribution is -0.116. The van der Waals surface area contributed by atoms with E-state index in [1.807, 2.05) is 25.1 Å². The van der Waals surface area contributed by atoms with Gasteiger partial charge in [-0.15, -0.1) is 0 Å². The van der Waals surface area contributed by atoms with Crippen molar-refractivity contribution >= 4 is 23.4 Å². The maximum atomic E-state index is 12.4. The summed E-state index contributed by atoms with van der Waals surface area (Å²) in [6.45, 7) is 1.59. The van der Waals surface area contributed by atoms with Crippen LogP contribution in [0, 0.1) is 6.92 Å². The van der Waals surface area contributed by atoms with Crippen LogP contribution in [-0.4, -0.2) is 29.2 Å². The van der Waals surface area contributed by atoms with Crippen LogP contribution >= 0.6 is 0 Å². The third-order valence-corrected chi connectivity index (χ3v) is 4.81. The van der Waals surface area contributed by atoms with Gasteiger partial charge in [0.2, 0.25) is 5.91 Å². The van der Waals surface area contributed by atoms with Crippen LogP contribution < -0.4 is 5.32 Å². The minimum absolute atomic E-state index is 0.275. The van der Waals surface area contributed by atoms with Crippen molar-refractivity contribution in [2.45, 2.75) is 26.2 Å². The number of rotatable bonds is 3. The molecule has 1 aliphatic heterocycles. The summed E-state index contributed by atoms with van der Waals surface area (Å²) in [6, 6.07) is 11.0. The van der Waals surface area contributed by atoms with E-state index in [1.54, 1.807) is 18.2 Å². The number of hydrogen-bond acceptors (Lipinski definition) is 3. The van der Waals surface area contributed by atoms with Crippen molar-refractivity contribution in [3.63, 3.8) is 0 Å². The highest BCUT2D eigenvalue weighted by Crippen LogP contribution is 2.26. The van der Waals surface area contributed by atoms with Crippen molar-refractivity contribution < 1.29 is 14.4 Å². The van der Waals surface area contributed by atoms with Gasteiger partial charge in [0, 0.05) is 5.69 Å². The highest BCUT2D eigenvalue weighted by molar-refractivity contribution is 6.22. The summed E-state index contributed by atoms with van der Waals surface area (Å²) in [5.41, 5.74) is 4.93. The fourth-order valence-electron chi connectivity index (χ4n) is 3.54. The molecule has 0 aromatic heterocycles. The monoisotopic (exact) mass is 334 g/mol. The van der Waals surface area contributed by atoms with Gasteiger partial charge in [0.25, 0.3) is 11.8 Å². The second kappa shape index (κ2) is 5.84. The Morgan fingerprint density at radius 3 is 2.60 bits per heavy atom. The minimum atomic E-state index is -0.413. The van der Waals surface area contributed by atoms with E-state index < -0.39 is 11.8 Å². The summed E-state index contributed by atoms with van der Waals surface area (Å²) in [5, 5.41) is 2.79. The first-order valence-corrected chi connectivity index (χ1v) is 8.41. The SMILES string of the molecule is Cc1ccc2c(c1)C(=O)N(CC(=O)Nc1ccc3c(c1)CCC3)C2=O. The maximum absolute atomic E-state index is 12.4. The van der Waals surface area contributed by atoms with Crippen LogP contribution in [0.3, 0.4) is 0 Å². The summed E-state index contributed by atoms with van der Waals surface area (Å²) in [7, 11) is 0. The summed E-state index contributed by atoms with van der Waals surface area (Å²) >= 11 is 0. The molecule has 2 aliphatic rings. The molecule has 0 saturated carbocycles. The molecule has 0 bridgehead atoms. The second-order valence-electron chi connectivity index (χ2n) is 6.63. The minimum Gasteiger partial charge on any atom is -0.325 e. The van der Waals surface area contributed by atoms with E-state index in [0.29, 0.717) is 16.8 Å². The van der Waals surface area contributed by atoms with Crippen molar-refractivity contribution in [3.05, 3.63) is 64.2 Å². The van der Waals surface area contributed by atoms with Gasteiger partial charge in [-0.05, 0) is 61.6 Å². The topological polar surface area (TPSA) is 66.5 Å². The molecule has 2 aromatic carbocycles. The highest BCUT2D eigenvalue weighted by atomic mass is 16.2. The second-order valence-corrected chi connectivity index (χ2v) is 6.63. The molecular weight excluding hydrogens is 316 g/mol. The fraction of sp³-hybridized carbons (Fsp3) is 0.250. The van der Waals surface area contributed by atoms with Crippen molar-refractivity contribution in [3.8, 4) is 0 Å². The predicted octanol–water partition coefficient (Wildman–Crippen LogP) is 2.72. The van der Waals surface area contributed by atoms with Gasteiger partial charge in [-0.25, -0.2) is 0 Å². The summed E-state index contributed by atoms with van der Waals surface area (Å²) in [5.74, 6) is -1.19. The number of imide groups is 1. The molecule has 25 heavy (non-hydrogen) atoms. The highest BCUT2D eigenvalue weighted by Gasteiger charge is 2.36. The number of nitrogens with one attached hydrogen (secondary N) is 1. The third-order valence-electron chi connectivity index (χ3n) is 4.81. The van der Waals surface area contributed by atoms with E-state index in [4.69, 9.17) is 0 Å². The van der Waals surface area contributed by atoms with Crippen LogP contribution in [-0.2, 0) is 17.6 Å². The van der Waals surface area contributed by atoms with Crippen LogP contribution in [0.1, 0.15) is 43.8 Å². The molecule has 0 fully saturated rings. The molecule has 4 rings (SSSR count). The molecule has 1 aliphatic carbocycles. The number of hydrogen-bond donors (Lipinski definition) is 1. The van der Waals surface area contributed by atoms with E-state index in [2.05, 4.69) is 5.32 Å². The molecule has 3 amide bonds. The molecule has 5 nitrogen and oxygen atoms in total. The molecule has 1 N–H and O–H groups in total. The van der Waals surface area contributed by atoms with Crippen LogP contribution in [0.15, 0.2) is 36.4 Å². The van der Waals surface area contributed by atoms with Gasteiger partial charge in [0.15, 0.2) is 0 Å². The first-order valence-electron chi connectivity index (χ1n) is 8.41. The number of carbonyl (C=O) groups is 3. The Morgan fingerprint density at radius 1 is 1.00 bits per heavy atom. The number of aryl methyl sites for hydroxylation is 3. The Bertz CT molecular complexity index is 917. The molecule has 0 unspecified atom stereocenters. The van der Waals surface area contributed by atoms with E-state index in [9.17, 15) is 14.4 Å². The normalized spacial score (nSPS) is 15.3. The lowest BCUT2D eigenvalue weighted by Crippen LogP contribution is -2.37. The Morgan fingerprint density at radius 2 is 1.76 bits per heavy atom. The molecule has 2 aromatic rings. The lowest BCUT2D eigenvalue weighted by atomic mass is 10.1. The van der Waals surface area contributed by atoms with Crippen molar-refractivity contribution in [2.24, 2.45) is 0 Å². The standard InChI is InChI=1S/C20H18N2O3/c1-12-5-8-16-17(9-12)20(25)22(19(16)24)11-18(23)21-15-7-6-13-3-2-4-14(13)10-15/h5-10H,2-4,11H2,1H3,(H,21,23). The quantitative estimate of drug-likeness (QED) is 0.878. The average molecular weight is 334 g/mol. The maximum Gasteiger partial charge on any atom is 0.262 e. The summed E-state index contributed by atoms with van der Waals surface area (Å²) in [6.07, 6.45) is 3.25. The predicted molar refractivity (Wildman–Crippen MR) is 93.6 cm³/mol. The zero-order chi connectivity index (χ0) is 17.6. The van der Waals surface area contributed by atoms with Crippen molar-refractivity contribution in [1.29, 1.82) is 0 Å². The molecule has 0 spiro atoms. The number of benzene rings is 2. The van der Waals surface area contributed by atoms with E-state index in [0.717, 1.165) is 29.7 Å². The molecular formula is C20H18N2O3. The van der Waals surface area contributed by atoms with Crippen molar-refractivity contribution in [2.75, 3.05) is 11.9 Å². The van der Waals surface area contributed by atoms with Gasteiger partial charge in [0.1, 0.15) is 6.54 Å². The number of fused-ring (bicyclic) bond motifs is 2. The zero-order valence-electron chi connectivity index (χ0n) is 14.0. The van der Waals surface area contributed by atoms with E-state index in [1.165, 1.54) is 11.1 Å². The lowest BCUT2D eigenvalue weighted by Gasteiger charge is -2.14. The average Bonchev–Trinajstić information content (AvgIpc) is 3.13. The molecule has 126 valence electrons. The Kier molecular flexibility index (Phi) is 3.64. The zero-order valence-corrected chi connectivity index (χ0v) is 14.0. The van der Waals surface area contributed by atoms with Crippen LogP contribution in [0.2, 0.25) is 0 Å². The Labute approximate surface area is 145 Å². The Balaban J connectivity index is 1.48. The first-order chi connectivity index (χ1) is 12.0. The van der Waals surface area contributed by atoms with Gasteiger partial charge in [-0.3, -0.25) is 19.3 Å². The first kappa shape index (κ1) is 15.6. The molecule has 0 atom stereocenters. The van der Waals surface area contributed by atoms with Gasteiger partial charge in [-0.2, -0.15) is 0 Å². The molecule has 0 radical (unpaired) electrons. The van der Waals surface area contributed by atoms with Gasteiger partial charge >= 0.3 is 0 Å². The smallest absolute Gasteiger partial charge is 0.262 e. The van der Waals surface area contributed by atoms with Gasteiger partial charge < -0.3 is 5.32 Å². The fourth-order valence-corrected chi connectivity index (χ4v) is 3.54. The number of carbonyl (C=O) groups excluding carboxylic acids is 3. The third kappa shape index (κ3) is 2.71.